The number of nitrogens with one attached hydrogen (secondary N) is 1. The molecule has 1 heterocycles. The molecule has 2 amide bonds. The van der Waals surface area contributed by atoms with Crippen LogP contribution >= 0.6 is 13.5 Å². The first-order chi connectivity index (χ1) is 12.5. The lowest BCUT2D eigenvalue weighted by molar-refractivity contribution is -0.162. The van der Waals surface area contributed by atoms with E-state index in [-0.39, 0.29) is 25.4 Å². The van der Waals surface area contributed by atoms with Crippen LogP contribution in [0.3, 0.4) is 0 Å². The SMILES string of the molecule is COC1(C(=O)N2Cc3ccc(C(=O)NO)cc3OC[C@@H]2C)CCCCC1.S. The molecule has 0 spiro atoms. The first-order valence-corrected chi connectivity index (χ1v) is 9.07. The highest BCUT2D eigenvalue weighted by Gasteiger charge is 2.44. The van der Waals surface area contributed by atoms with E-state index in [4.69, 9.17) is 14.7 Å². The van der Waals surface area contributed by atoms with Crippen LogP contribution in [-0.4, -0.2) is 47.3 Å². The van der Waals surface area contributed by atoms with Crippen molar-refractivity contribution in [2.75, 3.05) is 13.7 Å². The summed E-state index contributed by atoms with van der Waals surface area (Å²) in [6, 6.07) is 4.85. The van der Waals surface area contributed by atoms with Crippen LogP contribution in [0.2, 0.25) is 0 Å². The van der Waals surface area contributed by atoms with Crippen LogP contribution in [0.1, 0.15) is 54.9 Å². The molecule has 0 bridgehead atoms. The predicted molar refractivity (Wildman–Crippen MR) is 104 cm³/mol. The molecule has 150 valence electrons. The highest BCUT2D eigenvalue weighted by atomic mass is 32.1. The number of nitrogens with zero attached hydrogens (tertiary/aromatic N) is 1. The Hall–Kier alpha value is -1.77. The van der Waals surface area contributed by atoms with Gasteiger partial charge in [0, 0.05) is 24.8 Å². The molecular formula is C19H28N2O5S. The summed E-state index contributed by atoms with van der Waals surface area (Å²) in [5.41, 5.74) is 2.01. The van der Waals surface area contributed by atoms with Crippen molar-refractivity contribution in [1.82, 2.24) is 10.4 Å². The van der Waals surface area contributed by atoms with Gasteiger partial charge in [-0.3, -0.25) is 14.8 Å². The Labute approximate surface area is 166 Å². The Morgan fingerprint density at radius 2 is 2.00 bits per heavy atom. The van der Waals surface area contributed by atoms with Gasteiger partial charge in [0.15, 0.2) is 0 Å². The summed E-state index contributed by atoms with van der Waals surface area (Å²) in [6.07, 6.45) is 4.61. The average molecular weight is 397 g/mol. The molecule has 1 aliphatic carbocycles. The van der Waals surface area contributed by atoms with Crippen molar-refractivity contribution in [1.29, 1.82) is 0 Å². The lowest BCUT2D eigenvalue weighted by Gasteiger charge is -2.40. The first kappa shape index (κ1) is 21.5. The quantitative estimate of drug-likeness (QED) is 0.605. The number of hydrogen-bond acceptors (Lipinski definition) is 5. The van der Waals surface area contributed by atoms with Crippen molar-refractivity contribution in [3.63, 3.8) is 0 Å². The number of methoxy groups -OCH3 is 1. The number of rotatable bonds is 3. The molecule has 1 fully saturated rings. The van der Waals surface area contributed by atoms with Crippen LogP contribution in [0.25, 0.3) is 0 Å². The van der Waals surface area contributed by atoms with Crippen molar-refractivity contribution in [2.24, 2.45) is 0 Å². The number of fused-ring (bicyclic) bond motifs is 1. The molecule has 0 radical (unpaired) electrons. The topological polar surface area (TPSA) is 88.1 Å². The van der Waals surface area contributed by atoms with Crippen molar-refractivity contribution in [3.05, 3.63) is 29.3 Å². The zero-order valence-corrected chi connectivity index (χ0v) is 16.8. The summed E-state index contributed by atoms with van der Waals surface area (Å²) in [6.45, 7) is 2.70. The fourth-order valence-corrected chi connectivity index (χ4v) is 3.83. The largest absolute Gasteiger partial charge is 0.491 e. The van der Waals surface area contributed by atoms with E-state index in [0.29, 0.717) is 24.5 Å². The minimum Gasteiger partial charge on any atom is -0.491 e. The summed E-state index contributed by atoms with van der Waals surface area (Å²) in [5.74, 6) is -0.0219. The number of carbonyl (C=O) groups excluding carboxylic acids is 2. The van der Waals surface area contributed by atoms with E-state index in [0.717, 1.165) is 37.7 Å². The van der Waals surface area contributed by atoms with Gasteiger partial charge < -0.3 is 14.4 Å². The lowest BCUT2D eigenvalue weighted by Crippen LogP contribution is -2.54. The Morgan fingerprint density at radius 1 is 1.30 bits per heavy atom. The summed E-state index contributed by atoms with van der Waals surface area (Å²) >= 11 is 0. The summed E-state index contributed by atoms with van der Waals surface area (Å²) < 4.78 is 11.6. The Balaban J connectivity index is 0.00000261. The second-order valence-electron chi connectivity index (χ2n) is 7.12. The van der Waals surface area contributed by atoms with Crippen LogP contribution in [0.4, 0.5) is 0 Å². The van der Waals surface area contributed by atoms with E-state index in [1.165, 1.54) is 0 Å². The molecule has 0 unspecified atom stereocenters. The normalized spacial score (nSPS) is 21.1. The fraction of sp³-hybridized carbons (Fsp3) is 0.579. The monoisotopic (exact) mass is 396 g/mol. The molecule has 2 N–H and O–H groups in total. The third-order valence-corrected chi connectivity index (χ3v) is 5.49. The zero-order chi connectivity index (χ0) is 18.7. The number of carbonyl (C=O) groups is 2. The number of benzene rings is 1. The van der Waals surface area contributed by atoms with Gasteiger partial charge in [-0.25, -0.2) is 5.48 Å². The van der Waals surface area contributed by atoms with Gasteiger partial charge in [-0.05, 0) is 31.9 Å². The predicted octanol–water partition coefficient (Wildman–Crippen LogP) is 2.38. The summed E-state index contributed by atoms with van der Waals surface area (Å²) in [5, 5.41) is 8.80. The van der Waals surface area contributed by atoms with Crippen LogP contribution in [0, 0.1) is 0 Å². The van der Waals surface area contributed by atoms with Crippen molar-refractivity contribution in [2.45, 2.75) is 57.2 Å². The molecule has 2 aliphatic rings. The third-order valence-electron chi connectivity index (χ3n) is 5.49. The van der Waals surface area contributed by atoms with Crippen LogP contribution in [0.15, 0.2) is 18.2 Å². The number of hydrogen-bond donors (Lipinski definition) is 2. The van der Waals surface area contributed by atoms with E-state index < -0.39 is 11.5 Å². The molecule has 1 saturated carbocycles. The number of hydroxylamine groups is 1. The maximum absolute atomic E-state index is 13.3. The highest BCUT2D eigenvalue weighted by molar-refractivity contribution is 7.59. The molecule has 3 rings (SSSR count). The maximum Gasteiger partial charge on any atom is 0.274 e. The maximum atomic E-state index is 13.3. The van der Waals surface area contributed by atoms with Gasteiger partial charge in [0.1, 0.15) is 18.0 Å². The zero-order valence-electron chi connectivity index (χ0n) is 15.8. The molecule has 1 aromatic carbocycles. The summed E-state index contributed by atoms with van der Waals surface area (Å²) in [7, 11) is 1.62. The van der Waals surface area contributed by atoms with E-state index in [1.54, 1.807) is 30.8 Å². The second kappa shape index (κ2) is 8.95. The van der Waals surface area contributed by atoms with Gasteiger partial charge in [-0.1, -0.05) is 25.3 Å². The van der Waals surface area contributed by atoms with Gasteiger partial charge in [-0.2, -0.15) is 13.5 Å². The molecule has 8 heteroatoms. The van der Waals surface area contributed by atoms with Crippen molar-refractivity contribution < 1.29 is 24.3 Å². The molecular weight excluding hydrogens is 368 g/mol. The molecule has 1 aromatic rings. The van der Waals surface area contributed by atoms with Crippen molar-refractivity contribution >= 4 is 25.3 Å². The lowest BCUT2D eigenvalue weighted by atomic mass is 9.83. The smallest absolute Gasteiger partial charge is 0.274 e. The Bertz CT molecular complexity index is 691. The summed E-state index contributed by atoms with van der Waals surface area (Å²) in [4.78, 5) is 26.8. The average Bonchev–Trinajstić information content (AvgIpc) is 2.85. The Morgan fingerprint density at radius 3 is 2.63 bits per heavy atom. The van der Waals surface area contributed by atoms with Crippen LogP contribution in [0.5, 0.6) is 5.75 Å². The molecule has 0 aromatic heterocycles. The standard InChI is InChI=1S/C19H26N2O5.H2S/c1-13-12-26-16-10-14(17(22)20-24)6-7-15(16)11-21(13)18(23)19(25-2)8-4-3-5-9-19;/h6-7,10,13,24H,3-5,8-9,11-12H2,1-2H3,(H,20,22);1H2/t13-;/m0./s1. The molecule has 1 aliphatic heterocycles. The van der Waals surface area contributed by atoms with Gasteiger partial charge in [0.05, 0.1) is 6.04 Å². The van der Waals surface area contributed by atoms with E-state index in [2.05, 4.69) is 0 Å². The Kier molecular flexibility index (Phi) is 7.13. The highest BCUT2D eigenvalue weighted by Crippen LogP contribution is 2.35. The van der Waals surface area contributed by atoms with E-state index >= 15 is 0 Å². The van der Waals surface area contributed by atoms with E-state index in [1.807, 2.05) is 11.8 Å². The molecule has 7 nitrogen and oxygen atoms in total. The molecule has 0 saturated heterocycles. The van der Waals surface area contributed by atoms with Crippen LogP contribution < -0.4 is 10.2 Å². The van der Waals surface area contributed by atoms with Crippen molar-refractivity contribution in [3.8, 4) is 5.75 Å². The molecule has 1 atom stereocenters. The minimum atomic E-state index is -0.742. The number of amides is 2. The number of ether oxygens (including phenoxy) is 2. The van der Waals surface area contributed by atoms with Gasteiger partial charge >= 0.3 is 0 Å². The third kappa shape index (κ3) is 4.23. The fourth-order valence-electron chi connectivity index (χ4n) is 3.83. The van der Waals surface area contributed by atoms with Gasteiger partial charge in [-0.15, -0.1) is 0 Å². The van der Waals surface area contributed by atoms with E-state index in [9.17, 15) is 9.59 Å². The minimum absolute atomic E-state index is 0. The van der Waals surface area contributed by atoms with Gasteiger partial charge in [0.2, 0.25) is 0 Å². The molecule has 27 heavy (non-hydrogen) atoms. The van der Waals surface area contributed by atoms with Crippen LogP contribution in [-0.2, 0) is 16.1 Å². The van der Waals surface area contributed by atoms with Gasteiger partial charge in [0.25, 0.3) is 11.8 Å². The second-order valence-corrected chi connectivity index (χ2v) is 7.12. The first-order valence-electron chi connectivity index (χ1n) is 9.07.